The first-order valence-electron chi connectivity index (χ1n) is 13.6. The molecule has 1 atom stereocenters. The van der Waals surface area contributed by atoms with Crippen LogP contribution in [0.5, 0.6) is 11.5 Å². The molecule has 2 aromatic carbocycles. The maximum absolute atomic E-state index is 13.9. The summed E-state index contributed by atoms with van der Waals surface area (Å²) in [5.74, 6) is 1.04. The summed E-state index contributed by atoms with van der Waals surface area (Å²) >= 11 is 0. The van der Waals surface area contributed by atoms with Gasteiger partial charge < -0.3 is 23.5 Å². The van der Waals surface area contributed by atoms with Crippen molar-refractivity contribution in [3.8, 4) is 11.5 Å². The number of carbonyl (C=O) groups excluding carboxylic acids is 1. The van der Waals surface area contributed by atoms with Gasteiger partial charge in [-0.3, -0.25) is 9.59 Å². The Labute approximate surface area is 224 Å². The van der Waals surface area contributed by atoms with Gasteiger partial charge in [-0.15, -0.1) is 0 Å². The third-order valence-corrected chi connectivity index (χ3v) is 7.09. The van der Waals surface area contributed by atoms with Gasteiger partial charge in [0.05, 0.1) is 36.8 Å². The lowest BCUT2D eigenvalue weighted by atomic mass is 9.97. The summed E-state index contributed by atoms with van der Waals surface area (Å²) in [5.41, 5.74) is 3.40. The third-order valence-electron chi connectivity index (χ3n) is 7.09. The molecule has 4 rings (SSSR count). The fourth-order valence-corrected chi connectivity index (χ4v) is 4.91. The largest absolute Gasteiger partial charge is 0.493 e. The Morgan fingerprint density at radius 3 is 2.45 bits per heavy atom. The van der Waals surface area contributed by atoms with Gasteiger partial charge >= 0.3 is 0 Å². The number of ether oxygens (including phenoxy) is 3. The van der Waals surface area contributed by atoms with Gasteiger partial charge in [0.25, 0.3) is 5.91 Å². The van der Waals surface area contributed by atoms with Crippen molar-refractivity contribution in [2.45, 2.75) is 72.4 Å². The fourth-order valence-electron chi connectivity index (χ4n) is 4.91. The van der Waals surface area contributed by atoms with E-state index >= 15 is 0 Å². The van der Waals surface area contributed by atoms with Crippen molar-refractivity contribution in [1.82, 2.24) is 4.90 Å². The average molecular weight is 522 g/mol. The van der Waals surface area contributed by atoms with E-state index in [4.69, 9.17) is 18.6 Å². The van der Waals surface area contributed by atoms with E-state index in [2.05, 4.69) is 6.92 Å². The molecule has 0 fully saturated rings. The number of fused-ring (bicyclic) bond motifs is 2. The smallest absolute Gasteiger partial charge is 0.290 e. The van der Waals surface area contributed by atoms with Crippen molar-refractivity contribution in [3.63, 3.8) is 0 Å². The van der Waals surface area contributed by atoms with Gasteiger partial charge in [0.2, 0.25) is 5.76 Å². The van der Waals surface area contributed by atoms with Crippen LogP contribution < -0.4 is 14.9 Å². The molecule has 1 aliphatic rings. The van der Waals surface area contributed by atoms with Gasteiger partial charge in [0.1, 0.15) is 5.58 Å². The van der Waals surface area contributed by atoms with Crippen molar-refractivity contribution in [2.75, 3.05) is 26.9 Å². The van der Waals surface area contributed by atoms with E-state index in [0.29, 0.717) is 54.2 Å². The third kappa shape index (κ3) is 5.58. The van der Waals surface area contributed by atoms with E-state index in [9.17, 15) is 9.59 Å². The number of unbranched alkanes of at least 4 members (excludes halogenated alkanes) is 2. The maximum Gasteiger partial charge on any atom is 0.290 e. The first kappa shape index (κ1) is 27.7. The van der Waals surface area contributed by atoms with Crippen molar-refractivity contribution in [1.29, 1.82) is 0 Å². The van der Waals surface area contributed by atoms with E-state index in [1.165, 1.54) is 0 Å². The Kier molecular flexibility index (Phi) is 8.77. The highest BCUT2D eigenvalue weighted by atomic mass is 16.5. The van der Waals surface area contributed by atoms with Crippen molar-refractivity contribution in [3.05, 3.63) is 68.6 Å². The second-order valence-electron chi connectivity index (χ2n) is 10.2. The van der Waals surface area contributed by atoms with Crippen LogP contribution in [0.1, 0.15) is 85.3 Å². The Hall–Kier alpha value is -3.32. The molecule has 7 heteroatoms. The summed E-state index contributed by atoms with van der Waals surface area (Å²) in [4.78, 5) is 29.3. The van der Waals surface area contributed by atoms with Gasteiger partial charge in [0, 0.05) is 13.2 Å². The Balaban J connectivity index is 1.78. The molecule has 3 aromatic rings. The molecule has 7 nitrogen and oxygen atoms in total. The number of amides is 1. The summed E-state index contributed by atoms with van der Waals surface area (Å²) in [6.45, 7) is 11.6. The Morgan fingerprint density at radius 2 is 1.74 bits per heavy atom. The second kappa shape index (κ2) is 12.0. The van der Waals surface area contributed by atoms with Gasteiger partial charge in [-0.2, -0.15) is 0 Å². The molecule has 0 spiro atoms. The number of nitrogens with zero attached hydrogens (tertiary/aromatic N) is 1. The second-order valence-corrected chi connectivity index (χ2v) is 10.2. The molecule has 204 valence electrons. The Bertz CT molecular complexity index is 1360. The first-order valence-corrected chi connectivity index (χ1v) is 13.6. The quantitative estimate of drug-likeness (QED) is 0.259. The minimum absolute atomic E-state index is 0.103. The summed E-state index contributed by atoms with van der Waals surface area (Å²) < 4.78 is 23.5. The highest BCUT2D eigenvalue weighted by molar-refractivity contribution is 5.99. The Morgan fingerprint density at radius 1 is 0.974 bits per heavy atom. The molecule has 2 heterocycles. The summed E-state index contributed by atoms with van der Waals surface area (Å²) in [5, 5.41) is 0.484. The van der Waals surface area contributed by atoms with Crippen LogP contribution in [0.4, 0.5) is 0 Å². The molecular formula is C31H39NO6. The van der Waals surface area contributed by atoms with Crippen LogP contribution in [0, 0.1) is 13.8 Å². The number of rotatable bonds is 12. The standard InChI is InChI=1S/C31H39NO6/c1-7-8-9-14-37-24-12-11-22(18-26(24)35-6)28-27-29(33)23-16-20(4)21(5)17-25(23)38-30(27)31(34)32(28)13-10-15-36-19(2)3/h11-12,16-19,28H,7-10,13-15H2,1-6H3. The minimum atomic E-state index is -0.596. The minimum Gasteiger partial charge on any atom is -0.493 e. The number of methoxy groups -OCH3 is 1. The normalized spacial score (nSPS) is 15.0. The number of carbonyl (C=O) groups is 1. The van der Waals surface area contributed by atoms with Crippen molar-refractivity contribution >= 4 is 16.9 Å². The van der Waals surface area contributed by atoms with E-state index in [-0.39, 0.29) is 23.2 Å². The van der Waals surface area contributed by atoms with Crippen LogP contribution in [-0.4, -0.2) is 43.8 Å². The molecule has 0 saturated carbocycles. The van der Waals surface area contributed by atoms with E-state index in [0.717, 1.165) is 36.0 Å². The van der Waals surface area contributed by atoms with Crippen LogP contribution in [0.25, 0.3) is 11.0 Å². The van der Waals surface area contributed by atoms with Crippen LogP contribution in [0.2, 0.25) is 0 Å². The average Bonchev–Trinajstić information content (AvgIpc) is 3.17. The molecule has 1 amide bonds. The molecule has 0 aliphatic carbocycles. The zero-order valence-electron chi connectivity index (χ0n) is 23.4. The van der Waals surface area contributed by atoms with Crippen molar-refractivity contribution in [2.24, 2.45) is 0 Å². The number of benzene rings is 2. The first-order chi connectivity index (χ1) is 18.3. The highest BCUT2D eigenvalue weighted by Crippen LogP contribution is 2.41. The lowest BCUT2D eigenvalue weighted by Gasteiger charge is -2.26. The molecular weight excluding hydrogens is 482 g/mol. The van der Waals surface area contributed by atoms with Crippen LogP contribution in [-0.2, 0) is 4.74 Å². The van der Waals surface area contributed by atoms with E-state index in [1.54, 1.807) is 12.0 Å². The molecule has 0 saturated heterocycles. The molecule has 0 bridgehead atoms. The molecule has 38 heavy (non-hydrogen) atoms. The summed E-state index contributed by atoms with van der Waals surface area (Å²) in [7, 11) is 1.60. The molecule has 1 unspecified atom stereocenters. The van der Waals surface area contributed by atoms with Gasteiger partial charge in [-0.25, -0.2) is 0 Å². The van der Waals surface area contributed by atoms with Gasteiger partial charge in [0.15, 0.2) is 16.9 Å². The highest BCUT2D eigenvalue weighted by Gasteiger charge is 2.42. The molecule has 0 N–H and O–H groups in total. The lowest BCUT2D eigenvalue weighted by molar-refractivity contribution is 0.0593. The molecule has 1 aromatic heterocycles. The lowest BCUT2D eigenvalue weighted by Crippen LogP contribution is -2.31. The number of hydrogen-bond acceptors (Lipinski definition) is 6. The predicted molar refractivity (Wildman–Crippen MR) is 149 cm³/mol. The van der Waals surface area contributed by atoms with Gasteiger partial charge in [-0.05, 0) is 81.5 Å². The van der Waals surface area contributed by atoms with Crippen LogP contribution >= 0.6 is 0 Å². The molecule has 1 aliphatic heterocycles. The van der Waals surface area contributed by atoms with Crippen LogP contribution in [0.15, 0.2) is 39.5 Å². The predicted octanol–water partition coefficient (Wildman–Crippen LogP) is 6.35. The monoisotopic (exact) mass is 521 g/mol. The van der Waals surface area contributed by atoms with Crippen LogP contribution in [0.3, 0.4) is 0 Å². The zero-order valence-corrected chi connectivity index (χ0v) is 23.4. The summed E-state index contributed by atoms with van der Waals surface area (Å²) in [6.07, 6.45) is 3.91. The fraction of sp³-hybridized carbons (Fsp3) is 0.484. The summed E-state index contributed by atoms with van der Waals surface area (Å²) in [6, 6.07) is 8.73. The number of hydrogen-bond donors (Lipinski definition) is 0. The van der Waals surface area contributed by atoms with Crippen molar-refractivity contribution < 1.29 is 23.4 Å². The van der Waals surface area contributed by atoms with E-state index in [1.807, 2.05) is 58.0 Å². The molecule has 0 radical (unpaired) electrons. The maximum atomic E-state index is 13.9. The SMILES string of the molecule is CCCCCOc1ccc(C2c3c(oc4cc(C)c(C)cc4c3=O)C(=O)N2CCCOC(C)C)cc1OC. The zero-order chi connectivity index (χ0) is 27.4. The van der Waals surface area contributed by atoms with E-state index < -0.39 is 6.04 Å². The van der Waals surface area contributed by atoms with Gasteiger partial charge in [-0.1, -0.05) is 25.8 Å². The topological polar surface area (TPSA) is 78.2 Å². The number of aryl methyl sites for hydroxylation is 2.